The first-order chi connectivity index (χ1) is 6.68. The van der Waals surface area contributed by atoms with Crippen LogP contribution < -0.4 is 3.96 Å². The zero-order chi connectivity index (χ0) is 10.9. The summed E-state index contributed by atoms with van der Waals surface area (Å²) in [7, 11) is 0. The van der Waals surface area contributed by atoms with Crippen molar-refractivity contribution >= 4 is 18.7 Å². The van der Waals surface area contributed by atoms with Gasteiger partial charge in [0.05, 0.1) is 0 Å². The molecule has 0 saturated carbocycles. The van der Waals surface area contributed by atoms with Gasteiger partial charge in [-0.1, -0.05) is 0 Å². The van der Waals surface area contributed by atoms with Gasteiger partial charge in [-0.3, -0.25) is 0 Å². The van der Waals surface area contributed by atoms with E-state index in [9.17, 15) is 0 Å². The van der Waals surface area contributed by atoms with Crippen LogP contribution in [0.15, 0.2) is 0 Å². The Hall–Kier alpha value is 0.759. The first kappa shape index (κ1) is 14.8. The van der Waals surface area contributed by atoms with Gasteiger partial charge in [0.1, 0.15) is 0 Å². The van der Waals surface area contributed by atoms with Crippen molar-refractivity contribution in [2.75, 3.05) is 0 Å². The van der Waals surface area contributed by atoms with Crippen molar-refractivity contribution in [1.29, 1.82) is 0 Å². The van der Waals surface area contributed by atoms with Crippen LogP contribution in [0.5, 0.6) is 0 Å². The molecule has 0 heterocycles. The van der Waals surface area contributed by atoms with Crippen LogP contribution >= 0.6 is 0 Å². The molecule has 0 spiro atoms. The molecule has 86 valence electrons. The van der Waals surface area contributed by atoms with Gasteiger partial charge in [-0.15, -0.1) is 0 Å². The van der Waals surface area contributed by atoms with Crippen molar-refractivity contribution < 1.29 is 0 Å². The Kier molecular flexibility index (Phi) is 9.51. The molecule has 2 N–H and O–H groups in total. The second-order valence-electron chi connectivity index (χ2n) is 4.67. The Balaban J connectivity index is 3.89. The van der Waals surface area contributed by atoms with Crippen LogP contribution in [0.3, 0.4) is 0 Å². The average Bonchev–Trinajstić information content (AvgIpc) is 2.21. The molecule has 0 aromatic heterocycles. The molecule has 0 unspecified atom stereocenters. The van der Waals surface area contributed by atoms with Crippen LogP contribution in [0, 0.1) is 0 Å². The summed E-state index contributed by atoms with van der Waals surface area (Å²) in [6, 6.07) is 0. The van der Waals surface area contributed by atoms with E-state index in [1.165, 1.54) is 51.8 Å². The molecule has 0 radical (unpaired) electrons. The van der Waals surface area contributed by atoms with Crippen LogP contribution in [0.2, 0.25) is 13.3 Å². The van der Waals surface area contributed by atoms with Gasteiger partial charge in [-0.05, 0) is 0 Å². The summed E-state index contributed by atoms with van der Waals surface area (Å²) in [6.45, 7) is 6.85. The Morgan fingerprint density at radius 2 is 1.00 bits per heavy atom. The normalized spacial score (nSPS) is 12.0. The van der Waals surface area contributed by atoms with Gasteiger partial charge in [0.2, 0.25) is 0 Å². The zero-order valence-electron chi connectivity index (χ0n) is 10.4. The fraction of sp³-hybridized carbons (Fsp3) is 1.00. The quantitative estimate of drug-likeness (QED) is 0.632. The molecule has 0 bridgehead atoms. The SMILES string of the molecule is CCC[CH2][Sn]([NH2])([CH2]CCC)[CH2]CCC. The van der Waals surface area contributed by atoms with Crippen LogP contribution in [0.1, 0.15) is 59.3 Å². The van der Waals surface area contributed by atoms with E-state index in [4.69, 9.17) is 3.96 Å². The molecule has 2 heteroatoms. The van der Waals surface area contributed by atoms with Gasteiger partial charge < -0.3 is 0 Å². The van der Waals surface area contributed by atoms with E-state index >= 15 is 0 Å². The maximum absolute atomic E-state index is 6.67. The summed E-state index contributed by atoms with van der Waals surface area (Å²) in [4.78, 5) is 0. The van der Waals surface area contributed by atoms with E-state index in [-0.39, 0.29) is 0 Å². The molecule has 0 aromatic rings. The zero-order valence-corrected chi connectivity index (χ0v) is 13.3. The first-order valence-corrected chi connectivity index (χ1v) is 14.2. The Bertz CT molecular complexity index is 104. The predicted molar refractivity (Wildman–Crippen MR) is 69.1 cm³/mol. The van der Waals surface area contributed by atoms with Crippen LogP contribution in [-0.4, -0.2) is 18.7 Å². The minimum atomic E-state index is -2.06. The predicted octanol–water partition coefficient (Wildman–Crippen LogP) is 4.29. The summed E-state index contributed by atoms with van der Waals surface area (Å²) < 4.78 is 11.0. The summed E-state index contributed by atoms with van der Waals surface area (Å²) in [5.41, 5.74) is 0. The van der Waals surface area contributed by atoms with Gasteiger partial charge >= 0.3 is 95.2 Å². The third kappa shape index (κ3) is 7.10. The van der Waals surface area contributed by atoms with E-state index in [2.05, 4.69) is 20.8 Å². The van der Waals surface area contributed by atoms with Gasteiger partial charge in [0.15, 0.2) is 0 Å². The third-order valence-corrected chi connectivity index (χ3v) is 14.6. The molecule has 1 nitrogen and oxygen atoms in total. The summed E-state index contributed by atoms with van der Waals surface area (Å²) >= 11 is -2.06. The molecule has 0 fully saturated rings. The fourth-order valence-electron chi connectivity index (χ4n) is 1.96. The average molecular weight is 306 g/mol. The van der Waals surface area contributed by atoms with Crippen LogP contribution in [0.25, 0.3) is 0 Å². The van der Waals surface area contributed by atoms with Crippen molar-refractivity contribution in [2.45, 2.75) is 72.6 Å². The van der Waals surface area contributed by atoms with Crippen molar-refractivity contribution in [3.05, 3.63) is 0 Å². The van der Waals surface area contributed by atoms with Crippen LogP contribution in [0.4, 0.5) is 0 Å². The molecule has 0 rings (SSSR count). The van der Waals surface area contributed by atoms with Gasteiger partial charge in [0.25, 0.3) is 0 Å². The molecule has 0 aliphatic carbocycles. The van der Waals surface area contributed by atoms with E-state index in [1.54, 1.807) is 0 Å². The second-order valence-corrected chi connectivity index (χ2v) is 16.7. The first-order valence-electron chi connectivity index (χ1n) is 6.47. The summed E-state index contributed by atoms with van der Waals surface area (Å²) in [5, 5.41) is 0. The van der Waals surface area contributed by atoms with Crippen molar-refractivity contribution in [3.63, 3.8) is 0 Å². The topological polar surface area (TPSA) is 26.0 Å². The Morgan fingerprint density at radius 3 is 1.21 bits per heavy atom. The second kappa shape index (κ2) is 9.02. The molecule has 14 heavy (non-hydrogen) atoms. The number of rotatable bonds is 9. The van der Waals surface area contributed by atoms with E-state index < -0.39 is 18.7 Å². The van der Waals surface area contributed by atoms with Gasteiger partial charge in [0, 0.05) is 0 Å². The number of nitrogens with two attached hydrogens (primary N) is 1. The van der Waals surface area contributed by atoms with Crippen molar-refractivity contribution in [3.8, 4) is 0 Å². The fourth-order valence-corrected chi connectivity index (χ4v) is 13.2. The van der Waals surface area contributed by atoms with Crippen molar-refractivity contribution in [2.24, 2.45) is 3.96 Å². The van der Waals surface area contributed by atoms with Gasteiger partial charge in [-0.2, -0.15) is 0 Å². The monoisotopic (exact) mass is 307 g/mol. The molecule has 0 atom stereocenters. The molecular formula is C12H29NSn. The maximum atomic E-state index is 6.67. The minimum absolute atomic E-state index is 1.33. The molecule has 0 aliphatic rings. The molecule has 0 aromatic carbocycles. The van der Waals surface area contributed by atoms with Crippen molar-refractivity contribution in [1.82, 2.24) is 0 Å². The molecule has 0 aliphatic heterocycles. The number of hydrogen-bond acceptors (Lipinski definition) is 1. The molecule has 0 amide bonds. The Labute approximate surface area is 95.1 Å². The Morgan fingerprint density at radius 1 is 0.714 bits per heavy atom. The molecular weight excluding hydrogens is 277 g/mol. The third-order valence-electron chi connectivity index (χ3n) is 3.08. The van der Waals surface area contributed by atoms with Gasteiger partial charge in [-0.25, -0.2) is 0 Å². The van der Waals surface area contributed by atoms with E-state index in [0.29, 0.717) is 0 Å². The van der Waals surface area contributed by atoms with E-state index in [0.717, 1.165) is 0 Å². The number of unbranched alkanes of at least 4 members (excludes halogenated alkanes) is 3. The van der Waals surface area contributed by atoms with Crippen LogP contribution in [-0.2, 0) is 0 Å². The number of hydrogen-bond donors (Lipinski definition) is 1. The van der Waals surface area contributed by atoms with E-state index in [1.807, 2.05) is 0 Å². The summed E-state index contributed by atoms with van der Waals surface area (Å²) in [6.07, 6.45) is 8.15. The summed E-state index contributed by atoms with van der Waals surface area (Å²) in [5.74, 6) is 0. The standard InChI is InChI=1S/3C4H9.H2N.Sn/c3*1-3-4-2;;/h3*1,3-4H2,2H3;1H2;/q;;;-1;+1. The molecule has 0 saturated heterocycles.